The Bertz CT molecular complexity index is 624. The molecule has 1 aromatic heterocycles. The fourth-order valence-corrected chi connectivity index (χ4v) is 3.50. The summed E-state index contributed by atoms with van der Waals surface area (Å²) in [5.41, 5.74) is 2.38. The highest BCUT2D eigenvalue weighted by atomic mass is 32.1. The van der Waals surface area contributed by atoms with Gasteiger partial charge in [-0.3, -0.25) is 4.90 Å². The van der Waals surface area contributed by atoms with Crippen molar-refractivity contribution in [1.82, 2.24) is 4.90 Å². The van der Waals surface area contributed by atoms with Crippen molar-refractivity contribution in [3.63, 3.8) is 0 Å². The van der Waals surface area contributed by atoms with E-state index in [0.717, 1.165) is 30.2 Å². The topological polar surface area (TPSA) is 41.9 Å². The number of hydrogen-bond acceptors (Lipinski definition) is 5. The number of ether oxygens (including phenoxy) is 2. The largest absolute Gasteiger partial charge is 0.497 e. The molecule has 0 saturated carbocycles. The first-order valence-corrected chi connectivity index (χ1v) is 8.55. The Balaban J connectivity index is 2.18. The van der Waals surface area contributed by atoms with Gasteiger partial charge in [-0.05, 0) is 36.9 Å². The Labute approximate surface area is 142 Å². The highest BCUT2D eigenvalue weighted by Gasteiger charge is 2.15. The molecule has 0 radical (unpaired) electrons. The molecule has 0 fully saturated rings. The molecule has 0 amide bonds. The van der Waals surface area contributed by atoms with Gasteiger partial charge in [-0.25, -0.2) is 0 Å². The predicted molar refractivity (Wildman–Crippen MR) is 94.4 cm³/mol. The zero-order chi connectivity index (χ0) is 16.8. The van der Waals surface area contributed by atoms with Gasteiger partial charge in [0.05, 0.1) is 20.3 Å². The molecule has 2 aromatic rings. The summed E-state index contributed by atoms with van der Waals surface area (Å²) in [7, 11) is 3.31. The number of thiophene rings is 1. The van der Waals surface area contributed by atoms with Gasteiger partial charge in [-0.1, -0.05) is 6.07 Å². The SMILES string of the molecule is COc1ccc(CN(Cc2sccc2C)CC(C)O)c(OC)c1. The molecule has 2 rings (SSSR count). The lowest BCUT2D eigenvalue weighted by Gasteiger charge is -2.24. The first kappa shape index (κ1) is 17.8. The average Bonchev–Trinajstić information content (AvgIpc) is 2.92. The van der Waals surface area contributed by atoms with E-state index in [4.69, 9.17) is 9.47 Å². The maximum atomic E-state index is 9.82. The van der Waals surface area contributed by atoms with Crippen LogP contribution in [0.3, 0.4) is 0 Å². The van der Waals surface area contributed by atoms with E-state index < -0.39 is 0 Å². The molecule has 5 heteroatoms. The quantitative estimate of drug-likeness (QED) is 0.802. The van der Waals surface area contributed by atoms with Gasteiger partial charge in [0.15, 0.2) is 0 Å². The van der Waals surface area contributed by atoms with E-state index in [1.165, 1.54) is 10.4 Å². The molecule has 1 aromatic carbocycles. The number of aliphatic hydroxyl groups is 1. The van der Waals surface area contributed by atoms with E-state index >= 15 is 0 Å². The lowest BCUT2D eigenvalue weighted by molar-refractivity contribution is 0.118. The second-order valence-corrected chi connectivity index (χ2v) is 6.72. The number of nitrogens with zero attached hydrogens (tertiary/aromatic N) is 1. The molecule has 1 heterocycles. The third-order valence-electron chi connectivity index (χ3n) is 3.75. The molecule has 23 heavy (non-hydrogen) atoms. The summed E-state index contributed by atoms with van der Waals surface area (Å²) in [6.07, 6.45) is -0.375. The summed E-state index contributed by atoms with van der Waals surface area (Å²) < 4.78 is 10.7. The van der Waals surface area contributed by atoms with E-state index in [2.05, 4.69) is 23.3 Å². The van der Waals surface area contributed by atoms with Crippen molar-refractivity contribution in [1.29, 1.82) is 0 Å². The summed E-state index contributed by atoms with van der Waals surface area (Å²) in [5.74, 6) is 1.59. The molecule has 4 nitrogen and oxygen atoms in total. The second kappa shape index (κ2) is 8.34. The van der Waals surface area contributed by atoms with Crippen LogP contribution in [0.25, 0.3) is 0 Å². The number of benzene rings is 1. The molecule has 1 N–H and O–H groups in total. The van der Waals surface area contributed by atoms with Crippen LogP contribution in [0.15, 0.2) is 29.6 Å². The molecule has 0 aliphatic heterocycles. The highest BCUT2D eigenvalue weighted by Crippen LogP contribution is 2.27. The van der Waals surface area contributed by atoms with Crippen molar-refractivity contribution in [3.8, 4) is 11.5 Å². The fourth-order valence-electron chi connectivity index (χ4n) is 2.55. The number of rotatable bonds is 8. The first-order chi connectivity index (χ1) is 11.0. The van der Waals surface area contributed by atoms with Crippen LogP contribution in [-0.4, -0.2) is 36.9 Å². The third kappa shape index (κ3) is 4.96. The summed E-state index contributed by atoms with van der Waals surface area (Å²) in [5, 5.41) is 11.9. The minimum absolute atomic E-state index is 0.375. The van der Waals surface area contributed by atoms with E-state index in [1.54, 1.807) is 25.6 Å². The van der Waals surface area contributed by atoms with Crippen LogP contribution in [0, 0.1) is 6.92 Å². The Morgan fingerprint density at radius 1 is 1.17 bits per heavy atom. The summed E-state index contributed by atoms with van der Waals surface area (Å²) in [6, 6.07) is 7.99. The molecule has 0 saturated heterocycles. The van der Waals surface area contributed by atoms with Crippen molar-refractivity contribution < 1.29 is 14.6 Å². The number of methoxy groups -OCH3 is 2. The van der Waals surface area contributed by atoms with Crippen LogP contribution < -0.4 is 9.47 Å². The lowest BCUT2D eigenvalue weighted by atomic mass is 10.1. The molecule has 1 unspecified atom stereocenters. The smallest absolute Gasteiger partial charge is 0.127 e. The fraction of sp³-hybridized carbons (Fsp3) is 0.444. The summed E-state index contributed by atoms with van der Waals surface area (Å²) in [4.78, 5) is 3.58. The molecular formula is C18H25NO3S. The van der Waals surface area contributed by atoms with Gasteiger partial charge < -0.3 is 14.6 Å². The van der Waals surface area contributed by atoms with Crippen LogP contribution >= 0.6 is 11.3 Å². The number of hydrogen-bond donors (Lipinski definition) is 1. The summed E-state index contributed by atoms with van der Waals surface area (Å²) >= 11 is 1.76. The molecule has 126 valence electrons. The van der Waals surface area contributed by atoms with Gasteiger partial charge in [0.2, 0.25) is 0 Å². The van der Waals surface area contributed by atoms with Crippen molar-refractivity contribution in [3.05, 3.63) is 45.6 Å². The Hall–Kier alpha value is -1.56. The first-order valence-electron chi connectivity index (χ1n) is 7.67. The van der Waals surface area contributed by atoms with E-state index in [9.17, 15) is 5.11 Å². The Morgan fingerprint density at radius 2 is 1.96 bits per heavy atom. The standard InChI is InChI=1S/C18H25NO3S/c1-13-7-8-23-18(13)12-19(10-14(2)20)11-15-5-6-16(21-3)9-17(15)22-4/h5-9,14,20H,10-12H2,1-4H3. The second-order valence-electron chi connectivity index (χ2n) is 5.72. The average molecular weight is 335 g/mol. The zero-order valence-corrected chi connectivity index (χ0v) is 15.0. The zero-order valence-electron chi connectivity index (χ0n) is 14.2. The molecule has 1 atom stereocenters. The van der Waals surface area contributed by atoms with E-state index in [0.29, 0.717) is 6.54 Å². The van der Waals surface area contributed by atoms with Crippen molar-refractivity contribution >= 4 is 11.3 Å². The van der Waals surface area contributed by atoms with Crippen LogP contribution in [0.5, 0.6) is 11.5 Å². The number of aryl methyl sites for hydroxylation is 1. The van der Waals surface area contributed by atoms with Gasteiger partial charge in [0.25, 0.3) is 0 Å². The predicted octanol–water partition coefficient (Wildman–Crippen LogP) is 3.46. The lowest BCUT2D eigenvalue weighted by Crippen LogP contribution is -2.30. The van der Waals surface area contributed by atoms with Crippen LogP contribution in [0.4, 0.5) is 0 Å². The van der Waals surface area contributed by atoms with Gasteiger partial charge in [-0.15, -0.1) is 11.3 Å². The van der Waals surface area contributed by atoms with E-state index in [-0.39, 0.29) is 6.10 Å². The maximum absolute atomic E-state index is 9.82. The van der Waals surface area contributed by atoms with Crippen molar-refractivity contribution in [2.75, 3.05) is 20.8 Å². The monoisotopic (exact) mass is 335 g/mol. The third-order valence-corrected chi connectivity index (χ3v) is 4.75. The maximum Gasteiger partial charge on any atom is 0.127 e. The highest BCUT2D eigenvalue weighted by molar-refractivity contribution is 7.10. The van der Waals surface area contributed by atoms with Gasteiger partial charge in [-0.2, -0.15) is 0 Å². The van der Waals surface area contributed by atoms with Crippen molar-refractivity contribution in [2.24, 2.45) is 0 Å². The summed E-state index contributed by atoms with van der Waals surface area (Å²) in [6.45, 7) is 6.10. The minimum atomic E-state index is -0.375. The minimum Gasteiger partial charge on any atom is -0.497 e. The molecule has 0 spiro atoms. The van der Waals surface area contributed by atoms with Gasteiger partial charge in [0, 0.05) is 36.1 Å². The molecule has 0 aliphatic carbocycles. The van der Waals surface area contributed by atoms with Crippen LogP contribution in [0.1, 0.15) is 22.9 Å². The normalized spacial score (nSPS) is 12.4. The van der Waals surface area contributed by atoms with Crippen molar-refractivity contribution in [2.45, 2.75) is 33.0 Å². The molecule has 0 aliphatic rings. The van der Waals surface area contributed by atoms with Crippen LogP contribution in [-0.2, 0) is 13.1 Å². The Kier molecular flexibility index (Phi) is 6.45. The Morgan fingerprint density at radius 3 is 2.52 bits per heavy atom. The van der Waals surface area contributed by atoms with Crippen LogP contribution in [0.2, 0.25) is 0 Å². The van der Waals surface area contributed by atoms with Gasteiger partial charge in [0.1, 0.15) is 11.5 Å². The number of aliphatic hydroxyl groups excluding tert-OH is 1. The molecule has 0 bridgehead atoms. The van der Waals surface area contributed by atoms with E-state index in [1.807, 2.05) is 25.1 Å². The van der Waals surface area contributed by atoms with Gasteiger partial charge >= 0.3 is 0 Å². The molecular weight excluding hydrogens is 310 g/mol.